The van der Waals surface area contributed by atoms with Crippen LogP contribution in [0.15, 0.2) is 12.3 Å². The molecule has 0 spiro atoms. The van der Waals surface area contributed by atoms with Gasteiger partial charge >= 0.3 is 0 Å². The molecule has 1 aromatic rings. The van der Waals surface area contributed by atoms with E-state index in [1.54, 1.807) is 13.0 Å². The van der Waals surface area contributed by atoms with E-state index < -0.39 is 6.43 Å². The standard InChI is InChI=1S/C8H10F2N2/c1-5-6(4-11)2-3-12-7(5)8(9)10/h2-3,8H,4,11H2,1H3. The second-order valence-electron chi connectivity index (χ2n) is 2.49. The minimum Gasteiger partial charge on any atom is -0.326 e. The van der Waals surface area contributed by atoms with E-state index in [4.69, 9.17) is 5.73 Å². The predicted octanol–water partition coefficient (Wildman–Crippen LogP) is 1.79. The van der Waals surface area contributed by atoms with Crippen molar-refractivity contribution < 1.29 is 8.78 Å². The van der Waals surface area contributed by atoms with Gasteiger partial charge in [0, 0.05) is 12.7 Å². The smallest absolute Gasteiger partial charge is 0.280 e. The third-order valence-corrected chi connectivity index (χ3v) is 1.78. The molecule has 0 atom stereocenters. The normalized spacial score (nSPS) is 10.8. The molecule has 1 heterocycles. The van der Waals surface area contributed by atoms with Gasteiger partial charge in [0.1, 0.15) is 5.69 Å². The summed E-state index contributed by atoms with van der Waals surface area (Å²) in [5.41, 5.74) is 6.40. The van der Waals surface area contributed by atoms with Gasteiger partial charge in [-0.05, 0) is 24.1 Å². The average molecular weight is 172 g/mol. The Balaban J connectivity index is 3.14. The molecule has 0 radical (unpaired) electrons. The Kier molecular flexibility index (Phi) is 2.70. The zero-order valence-corrected chi connectivity index (χ0v) is 6.72. The summed E-state index contributed by atoms with van der Waals surface area (Å²) in [4.78, 5) is 3.58. The molecule has 0 aliphatic heterocycles. The fourth-order valence-electron chi connectivity index (χ4n) is 1.04. The quantitative estimate of drug-likeness (QED) is 0.738. The predicted molar refractivity (Wildman–Crippen MR) is 41.8 cm³/mol. The second kappa shape index (κ2) is 3.58. The summed E-state index contributed by atoms with van der Waals surface area (Å²) < 4.78 is 24.5. The van der Waals surface area contributed by atoms with Gasteiger partial charge in [0.25, 0.3) is 6.43 Å². The topological polar surface area (TPSA) is 38.9 Å². The first-order valence-corrected chi connectivity index (χ1v) is 3.59. The summed E-state index contributed by atoms with van der Waals surface area (Å²) in [5.74, 6) is 0. The summed E-state index contributed by atoms with van der Waals surface area (Å²) in [5, 5.41) is 0. The van der Waals surface area contributed by atoms with E-state index in [-0.39, 0.29) is 12.2 Å². The molecule has 0 saturated heterocycles. The van der Waals surface area contributed by atoms with Gasteiger partial charge in [0.15, 0.2) is 0 Å². The number of rotatable bonds is 2. The van der Waals surface area contributed by atoms with Crippen LogP contribution in [0.5, 0.6) is 0 Å². The van der Waals surface area contributed by atoms with Gasteiger partial charge in [-0.25, -0.2) is 8.78 Å². The molecular formula is C8H10F2N2. The molecule has 0 unspecified atom stereocenters. The lowest BCUT2D eigenvalue weighted by Gasteiger charge is -2.06. The molecule has 0 amide bonds. The van der Waals surface area contributed by atoms with Crippen molar-refractivity contribution >= 4 is 0 Å². The van der Waals surface area contributed by atoms with Gasteiger partial charge in [-0.1, -0.05) is 0 Å². The summed E-state index contributed by atoms with van der Waals surface area (Å²) in [6.07, 6.45) is -1.16. The third kappa shape index (κ3) is 1.58. The van der Waals surface area contributed by atoms with Gasteiger partial charge in [0.2, 0.25) is 0 Å². The molecule has 0 aliphatic carbocycles. The molecule has 66 valence electrons. The number of aromatic nitrogens is 1. The van der Waals surface area contributed by atoms with Gasteiger partial charge in [0.05, 0.1) is 0 Å². The van der Waals surface area contributed by atoms with E-state index in [1.807, 2.05) is 0 Å². The van der Waals surface area contributed by atoms with E-state index in [2.05, 4.69) is 4.98 Å². The van der Waals surface area contributed by atoms with Crippen molar-refractivity contribution in [2.24, 2.45) is 5.73 Å². The first kappa shape index (κ1) is 9.06. The highest BCUT2D eigenvalue weighted by atomic mass is 19.3. The van der Waals surface area contributed by atoms with Gasteiger partial charge in [-0.3, -0.25) is 4.98 Å². The summed E-state index contributed by atoms with van der Waals surface area (Å²) in [6, 6.07) is 1.65. The van der Waals surface area contributed by atoms with Crippen molar-refractivity contribution in [2.45, 2.75) is 19.9 Å². The molecule has 1 rings (SSSR count). The van der Waals surface area contributed by atoms with Crippen LogP contribution >= 0.6 is 0 Å². The Bertz CT molecular complexity index is 274. The maximum atomic E-state index is 12.2. The Labute approximate surface area is 69.4 Å². The third-order valence-electron chi connectivity index (χ3n) is 1.78. The van der Waals surface area contributed by atoms with Crippen LogP contribution in [0.3, 0.4) is 0 Å². The number of hydrogen-bond donors (Lipinski definition) is 1. The fourth-order valence-corrected chi connectivity index (χ4v) is 1.04. The van der Waals surface area contributed by atoms with Crippen LogP contribution in [0.2, 0.25) is 0 Å². The molecule has 0 fully saturated rings. The Morgan fingerprint density at radius 3 is 2.75 bits per heavy atom. The van der Waals surface area contributed by atoms with Crippen molar-refractivity contribution in [2.75, 3.05) is 0 Å². The van der Waals surface area contributed by atoms with Crippen LogP contribution in [0.1, 0.15) is 23.2 Å². The molecule has 2 N–H and O–H groups in total. The van der Waals surface area contributed by atoms with Crippen LogP contribution in [-0.2, 0) is 6.54 Å². The van der Waals surface area contributed by atoms with Crippen molar-refractivity contribution in [1.29, 1.82) is 0 Å². The number of hydrogen-bond acceptors (Lipinski definition) is 2. The van der Waals surface area contributed by atoms with E-state index in [0.29, 0.717) is 5.56 Å². The molecule has 0 aliphatic rings. The maximum absolute atomic E-state index is 12.2. The van der Waals surface area contributed by atoms with Crippen LogP contribution in [-0.4, -0.2) is 4.98 Å². The lowest BCUT2D eigenvalue weighted by molar-refractivity contribution is 0.145. The molecule has 2 nitrogen and oxygen atoms in total. The van der Waals surface area contributed by atoms with Crippen molar-refractivity contribution in [3.8, 4) is 0 Å². The Morgan fingerprint density at radius 1 is 1.58 bits per heavy atom. The lowest BCUT2D eigenvalue weighted by Crippen LogP contribution is -2.03. The molecule has 0 aromatic carbocycles. The maximum Gasteiger partial charge on any atom is 0.280 e. The van der Waals surface area contributed by atoms with E-state index in [1.165, 1.54) is 6.20 Å². The first-order chi connectivity index (χ1) is 5.66. The average Bonchev–Trinajstić information content (AvgIpc) is 2.04. The van der Waals surface area contributed by atoms with E-state index >= 15 is 0 Å². The van der Waals surface area contributed by atoms with Crippen molar-refractivity contribution in [3.63, 3.8) is 0 Å². The zero-order chi connectivity index (χ0) is 9.14. The number of nitrogens with zero attached hydrogens (tertiary/aromatic N) is 1. The molecule has 0 bridgehead atoms. The van der Waals surface area contributed by atoms with Gasteiger partial charge in [-0.15, -0.1) is 0 Å². The monoisotopic (exact) mass is 172 g/mol. The molecular weight excluding hydrogens is 162 g/mol. The van der Waals surface area contributed by atoms with Gasteiger partial charge in [-0.2, -0.15) is 0 Å². The van der Waals surface area contributed by atoms with Crippen LogP contribution < -0.4 is 5.73 Å². The molecule has 0 saturated carbocycles. The largest absolute Gasteiger partial charge is 0.326 e. The zero-order valence-electron chi connectivity index (χ0n) is 6.72. The minimum atomic E-state index is -2.52. The van der Waals surface area contributed by atoms with Gasteiger partial charge < -0.3 is 5.73 Å². The van der Waals surface area contributed by atoms with Crippen molar-refractivity contribution in [3.05, 3.63) is 29.1 Å². The number of pyridine rings is 1. The number of halogens is 2. The highest BCUT2D eigenvalue weighted by molar-refractivity contribution is 5.29. The highest BCUT2D eigenvalue weighted by Gasteiger charge is 2.13. The van der Waals surface area contributed by atoms with E-state index in [9.17, 15) is 8.78 Å². The van der Waals surface area contributed by atoms with E-state index in [0.717, 1.165) is 5.56 Å². The minimum absolute atomic E-state index is 0.169. The summed E-state index contributed by atoms with van der Waals surface area (Å²) >= 11 is 0. The van der Waals surface area contributed by atoms with Crippen LogP contribution in [0.4, 0.5) is 8.78 Å². The highest BCUT2D eigenvalue weighted by Crippen LogP contribution is 2.21. The molecule has 12 heavy (non-hydrogen) atoms. The molecule has 1 aromatic heterocycles. The SMILES string of the molecule is Cc1c(CN)ccnc1C(F)F. The first-order valence-electron chi connectivity index (χ1n) is 3.59. The van der Waals surface area contributed by atoms with Crippen LogP contribution in [0, 0.1) is 6.92 Å². The second-order valence-corrected chi connectivity index (χ2v) is 2.49. The number of alkyl halides is 2. The Hall–Kier alpha value is -1.03. The number of nitrogens with two attached hydrogens (primary N) is 1. The Morgan fingerprint density at radius 2 is 2.25 bits per heavy atom. The summed E-state index contributed by atoms with van der Waals surface area (Å²) in [7, 11) is 0. The van der Waals surface area contributed by atoms with Crippen LogP contribution in [0.25, 0.3) is 0 Å². The summed E-state index contributed by atoms with van der Waals surface area (Å²) in [6.45, 7) is 1.88. The fraction of sp³-hybridized carbons (Fsp3) is 0.375. The van der Waals surface area contributed by atoms with Crippen molar-refractivity contribution in [1.82, 2.24) is 4.98 Å². The molecule has 4 heteroatoms. The lowest BCUT2D eigenvalue weighted by atomic mass is 10.1.